The molecule has 0 saturated carbocycles. The first-order chi connectivity index (χ1) is 14.3. The summed E-state index contributed by atoms with van der Waals surface area (Å²) < 4.78 is 32.4. The third-order valence-corrected chi connectivity index (χ3v) is 6.90. The Hall–Kier alpha value is -3.18. The van der Waals surface area contributed by atoms with E-state index < -0.39 is 14.9 Å². The van der Waals surface area contributed by atoms with Crippen LogP contribution in [0.5, 0.6) is 5.75 Å². The second kappa shape index (κ2) is 7.92. The molecular formula is C19H20N4O6S. The number of fused-ring (bicyclic) bond motifs is 1. The fourth-order valence-corrected chi connectivity index (χ4v) is 5.04. The molecule has 1 amide bonds. The van der Waals surface area contributed by atoms with E-state index in [2.05, 4.69) is 10.6 Å². The van der Waals surface area contributed by atoms with Crippen LogP contribution in [0.15, 0.2) is 41.3 Å². The third-order valence-electron chi connectivity index (χ3n) is 5.01. The number of nitro groups is 1. The predicted molar refractivity (Wildman–Crippen MR) is 110 cm³/mol. The lowest BCUT2D eigenvalue weighted by atomic mass is 10.2. The van der Waals surface area contributed by atoms with Crippen LogP contribution in [0.25, 0.3) is 0 Å². The number of nitrogens with zero attached hydrogens (tertiary/aromatic N) is 2. The Balaban J connectivity index is 1.64. The van der Waals surface area contributed by atoms with Crippen LogP contribution in [0.3, 0.4) is 0 Å². The minimum atomic E-state index is -3.79. The summed E-state index contributed by atoms with van der Waals surface area (Å²) in [4.78, 5) is 22.4. The summed E-state index contributed by atoms with van der Waals surface area (Å²) in [6.45, 7) is 0.760. The molecule has 11 heteroatoms. The predicted octanol–water partition coefficient (Wildman–Crippen LogP) is 2.84. The Morgan fingerprint density at radius 1 is 1.10 bits per heavy atom. The minimum absolute atomic E-state index is 0.0712. The number of amides is 1. The zero-order chi connectivity index (χ0) is 21.3. The molecule has 10 nitrogen and oxygen atoms in total. The van der Waals surface area contributed by atoms with Crippen molar-refractivity contribution < 1.29 is 22.9 Å². The average Bonchev–Trinajstić information content (AvgIpc) is 2.74. The Kier molecular flexibility index (Phi) is 5.31. The number of carbonyl (C=O) groups is 1. The first-order valence-electron chi connectivity index (χ1n) is 9.47. The van der Waals surface area contributed by atoms with Crippen molar-refractivity contribution in [3.8, 4) is 5.75 Å². The van der Waals surface area contributed by atoms with Gasteiger partial charge in [0.1, 0.15) is 11.4 Å². The molecule has 0 atom stereocenters. The monoisotopic (exact) mass is 432 g/mol. The summed E-state index contributed by atoms with van der Waals surface area (Å²) in [5, 5.41) is 17.2. The van der Waals surface area contributed by atoms with Crippen LogP contribution in [0, 0.1) is 10.1 Å². The normalized spacial score (nSPS) is 16.9. The van der Waals surface area contributed by atoms with E-state index in [1.54, 1.807) is 18.2 Å². The molecule has 2 aromatic rings. The average molecular weight is 432 g/mol. The van der Waals surface area contributed by atoms with Crippen molar-refractivity contribution in [2.24, 2.45) is 0 Å². The summed E-state index contributed by atoms with van der Waals surface area (Å²) in [6, 6.07) is 8.70. The van der Waals surface area contributed by atoms with E-state index in [9.17, 15) is 23.3 Å². The van der Waals surface area contributed by atoms with Gasteiger partial charge in [0.05, 0.1) is 15.5 Å². The van der Waals surface area contributed by atoms with E-state index in [0.29, 0.717) is 30.2 Å². The Labute approximate surface area is 173 Å². The van der Waals surface area contributed by atoms with Crippen LogP contribution in [-0.4, -0.2) is 43.2 Å². The van der Waals surface area contributed by atoms with Crippen molar-refractivity contribution in [1.82, 2.24) is 4.31 Å². The van der Waals surface area contributed by atoms with Gasteiger partial charge in [0.2, 0.25) is 10.0 Å². The molecule has 158 valence electrons. The van der Waals surface area contributed by atoms with Crippen LogP contribution >= 0.6 is 0 Å². The van der Waals surface area contributed by atoms with Gasteiger partial charge in [-0.25, -0.2) is 8.42 Å². The SMILES string of the molecule is O=C1COc2ccc(Nc3ccc(S(=O)(=O)N4CCCCC4)cc3[N+](=O)[O-])cc2N1. The molecule has 0 radical (unpaired) electrons. The van der Waals surface area contributed by atoms with Crippen LogP contribution in [0.1, 0.15) is 19.3 Å². The molecule has 2 aromatic carbocycles. The first-order valence-corrected chi connectivity index (χ1v) is 10.9. The molecule has 0 bridgehead atoms. The van der Waals surface area contributed by atoms with Gasteiger partial charge < -0.3 is 15.4 Å². The van der Waals surface area contributed by atoms with E-state index in [0.717, 1.165) is 25.3 Å². The first kappa shape index (κ1) is 20.1. The van der Waals surface area contributed by atoms with Gasteiger partial charge in [-0.3, -0.25) is 14.9 Å². The molecular weight excluding hydrogens is 412 g/mol. The van der Waals surface area contributed by atoms with Crippen molar-refractivity contribution in [2.75, 3.05) is 30.3 Å². The van der Waals surface area contributed by atoms with Crippen molar-refractivity contribution in [2.45, 2.75) is 24.2 Å². The van der Waals surface area contributed by atoms with Crippen LogP contribution in [0.2, 0.25) is 0 Å². The second-order valence-electron chi connectivity index (χ2n) is 7.07. The van der Waals surface area contributed by atoms with Crippen molar-refractivity contribution in [3.63, 3.8) is 0 Å². The lowest BCUT2D eigenvalue weighted by Crippen LogP contribution is -2.35. The van der Waals surface area contributed by atoms with Gasteiger partial charge in [-0.05, 0) is 43.2 Å². The van der Waals surface area contributed by atoms with E-state index in [4.69, 9.17) is 4.74 Å². The standard InChI is InChI=1S/C19H20N4O6S/c24-19-12-29-18-7-4-13(10-16(18)21-19)20-15-6-5-14(11-17(15)23(25)26)30(27,28)22-8-2-1-3-9-22/h4-7,10-11,20H,1-3,8-9,12H2,(H,21,24). The maximum atomic E-state index is 12.9. The molecule has 1 saturated heterocycles. The number of carbonyl (C=O) groups excluding carboxylic acids is 1. The molecule has 4 rings (SSSR count). The Bertz CT molecular complexity index is 1110. The minimum Gasteiger partial charge on any atom is -0.482 e. The zero-order valence-corrected chi connectivity index (χ0v) is 16.8. The fraction of sp³-hybridized carbons (Fsp3) is 0.316. The summed E-state index contributed by atoms with van der Waals surface area (Å²) in [5.41, 5.74) is 0.712. The lowest BCUT2D eigenvalue weighted by Gasteiger charge is -2.25. The highest BCUT2D eigenvalue weighted by molar-refractivity contribution is 7.89. The molecule has 2 aliphatic heterocycles. The Morgan fingerprint density at radius 3 is 2.60 bits per heavy atom. The van der Waals surface area contributed by atoms with Crippen LogP contribution < -0.4 is 15.4 Å². The highest BCUT2D eigenvalue weighted by Gasteiger charge is 2.28. The lowest BCUT2D eigenvalue weighted by molar-refractivity contribution is -0.384. The summed E-state index contributed by atoms with van der Waals surface area (Å²) in [5.74, 6) is 0.204. The molecule has 2 N–H and O–H groups in total. The topological polar surface area (TPSA) is 131 Å². The van der Waals surface area contributed by atoms with Gasteiger partial charge in [-0.15, -0.1) is 0 Å². The molecule has 2 aliphatic rings. The fourth-order valence-electron chi connectivity index (χ4n) is 3.50. The van der Waals surface area contributed by atoms with Crippen molar-refractivity contribution in [1.29, 1.82) is 0 Å². The van der Waals surface area contributed by atoms with Gasteiger partial charge in [0, 0.05) is 24.8 Å². The van der Waals surface area contributed by atoms with E-state index in [1.807, 2.05) is 0 Å². The maximum Gasteiger partial charge on any atom is 0.294 e. The molecule has 0 aliphatic carbocycles. The van der Waals surface area contributed by atoms with Gasteiger partial charge in [0.15, 0.2) is 6.61 Å². The third kappa shape index (κ3) is 3.94. The number of hydrogen-bond donors (Lipinski definition) is 2. The van der Waals surface area contributed by atoms with Crippen LogP contribution in [-0.2, 0) is 14.8 Å². The second-order valence-corrected chi connectivity index (χ2v) is 9.01. The van der Waals surface area contributed by atoms with Crippen LogP contribution in [0.4, 0.5) is 22.7 Å². The molecule has 0 aromatic heterocycles. The number of rotatable bonds is 5. The van der Waals surface area contributed by atoms with E-state index >= 15 is 0 Å². The number of ether oxygens (including phenoxy) is 1. The summed E-state index contributed by atoms with van der Waals surface area (Å²) >= 11 is 0. The molecule has 0 spiro atoms. The highest BCUT2D eigenvalue weighted by Crippen LogP contribution is 2.35. The quantitative estimate of drug-likeness (QED) is 0.549. The molecule has 30 heavy (non-hydrogen) atoms. The maximum absolute atomic E-state index is 12.9. The zero-order valence-electron chi connectivity index (χ0n) is 16.0. The Morgan fingerprint density at radius 2 is 1.87 bits per heavy atom. The highest BCUT2D eigenvalue weighted by atomic mass is 32.2. The smallest absolute Gasteiger partial charge is 0.294 e. The largest absolute Gasteiger partial charge is 0.482 e. The number of benzene rings is 2. The number of sulfonamides is 1. The molecule has 0 unspecified atom stereocenters. The number of piperidine rings is 1. The molecule has 1 fully saturated rings. The number of nitrogens with one attached hydrogen (secondary N) is 2. The van der Waals surface area contributed by atoms with Crippen molar-refractivity contribution >= 4 is 38.7 Å². The van der Waals surface area contributed by atoms with Gasteiger partial charge in [0.25, 0.3) is 11.6 Å². The van der Waals surface area contributed by atoms with E-state index in [-0.39, 0.29) is 28.8 Å². The number of anilines is 3. The summed E-state index contributed by atoms with van der Waals surface area (Å²) in [6.07, 6.45) is 2.53. The van der Waals surface area contributed by atoms with Crippen molar-refractivity contribution in [3.05, 3.63) is 46.5 Å². The number of hydrogen-bond acceptors (Lipinski definition) is 7. The van der Waals surface area contributed by atoms with E-state index in [1.165, 1.54) is 16.4 Å². The van der Waals surface area contributed by atoms with Gasteiger partial charge in [-0.2, -0.15) is 4.31 Å². The number of nitro benzene ring substituents is 1. The van der Waals surface area contributed by atoms with Gasteiger partial charge in [-0.1, -0.05) is 6.42 Å². The van der Waals surface area contributed by atoms with Gasteiger partial charge >= 0.3 is 0 Å². The summed E-state index contributed by atoms with van der Waals surface area (Å²) in [7, 11) is -3.79. The molecule has 2 heterocycles.